The van der Waals surface area contributed by atoms with E-state index in [2.05, 4.69) is 29.4 Å². The van der Waals surface area contributed by atoms with Gasteiger partial charge in [-0.15, -0.1) is 0 Å². The molecule has 4 nitrogen and oxygen atoms in total. The molecule has 0 atom stereocenters. The molecule has 124 valence electrons. The van der Waals surface area contributed by atoms with Gasteiger partial charge in [-0.25, -0.2) is 0 Å². The minimum Gasteiger partial charge on any atom is -0.497 e. The van der Waals surface area contributed by atoms with Crippen molar-refractivity contribution in [1.29, 1.82) is 0 Å². The molecular formula is C20H22N2O2. The van der Waals surface area contributed by atoms with Crippen LogP contribution in [0.15, 0.2) is 36.5 Å². The highest BCUT2D eigenvalue weighted by molar-refractivity contribution is 5.97. The highest BCUT2D eigenvalue weighted by Crippen LogP contribution is 2.25. The summed E-state index contributed by atoms with van der Waals surface area (Å²) in [4.78, 5) is 15.7. The number of carbonyl (C=O) groups excluding carboxylic acids is 1. The first-order chi connectivity index (χ1) is 11.5. The van der Waals surface area contributed by atoms with Gasteiger partial charge in [0, 0.05) is 22.8 Å². The maximum absolute atomic E-state index is 12.5. The number of carbonyl (C=O) groups is 1. The number of benzene rings is 2. The summed E-state index contributed by atoms with van der Waals surface area (Å²) in [6.45, 7) is 6.10. The van der Waals surface area contributed by atoms with Crippen LogP contribution in [0.5, 0.6) is 5.75 Å². The monoisotopic (exact) mass is 322 g/mol. The first-order valence-electron chi connectivity index (χ1n) is 7.99. The van der Waals surface area contributed by atoms with Crippen molar-refractivity contribution in [2.45, 2.75) is 27.2 Å². The summed E-state index contributed by atoms with van der Waals surface area (Å²) in [5.41, 5.74) is 6.24. The predicted octanol–water partition coefficient (Wildman–Crippen LogP) is 4.28. The average Bonchev–Trinajstić information content (AvgIpc) is 2.93. The summed E-state index contributed by atoms with van der Waals surface area (Å²) >= 11 is 0. The molecule has 0 saturated carbocycles. The van der Waals surface area contributed by atoms with Crippen LogP contribution in [0.1, 0.15) is 22.3 Å². The van der Waals surface area contributed by atoms with Crippen LogP contribution in [0.4, 0.5) is 5.69 Å². The summed E-state index contributed by atoms with van der Waals surface area (Å²) in [5.74, 6) is 0.766. The Morgan fingerprint density at radius 1 is 1.12 bits per heavy atom. The van der Waals surface area contributed by atoms with Crippen LogP contribution in [-0.2, 0) is 11.2 Å². The van der Waals surface area contributed by atoms with Crippen molar-refractivity contribution >= 4 is 22.5 Å². The van der Waals surface area contributed by atoms with E-state index in [1.54, 1.807) is 7.11 Å². The minimum absolute atomic E-state index is 0.0197. The lowest BCUT2D eigenvalue weighted by atomic mass is 10.0. The lowest BCUT2D eigenvalue weighted by Gasteiger charge is -2.12. The van der Waals surface area contributed by atoms with Crippen molar-refractivity contribution < 1.29 is 9.53 Å². The third-order valence-corrected chi connectivity index (χ3v) is 4.27. The van der Waals surface area contributed by atoms with Gasteiger partial charge in [-0.1, -0.05) is 17.7 Å². The standard InChI is InChI=1S/C20H22N2O2/c1-12-7-13(2)20(14(3)8-12)22-19(23)9-15-11-21-18-6-5-16(24-4)10-17(15)18/h5-8,10-11,21H,9H2,1-4H3,(H,22,23). The number of anilines is 1. The zero-order valence-electron chi connectivity index (χ0n) is 14.5. The Hall–Kier alpha value is -2.75. The van der Waals surface area contributed by atoms with E-state index in [1.807, 2.05) is 38.2 Å². The molecular weight excluding hydrogens is 300 g/mol. The Balaban J connectivity index is 1.83. The predicted molar refractivity (Wildman–Crippen MR) is 97.8 cm³/mol. The quantitative estimate of drug-likeness (QED) is 0.753. The third-order valence-electron chi connectivity index (χ3n) is 4.27. The number of H-pyrrole nitrogens is 1. The second-order valence-electron chi connectivity index (χ2n) is 6.22. The number of aromatic nitrogens is 1. The highest BCUT2D eigenvalue weighted by Gasteiger charge is 2.12. The Morgan fingerprint density at radius 3 is 2.50 bits per heavy atom. The van der Waals surface area contributed by atoms with Crippen molar-refractivity contribution in [3.05, 3.63) is 58.8 Å². The van der Waals surface area contributed by atoms with Gasteiger partial charge in [0.05, 0.1) is 13.5 Å². The van der Waals surface area contributed by atoms with Gasteiger partial charge in [-0.2, -0.15) is 0 Å². The molecule has 24 heavy (non-hydrogen) atoms. The Bertz CT molecular complexity index is 886. The van der Waals surface area contributed by atoms with E-state index in [0.717, 1.165) is 39.0 Å². The molecule has 2 N–H and O–H groups in total. The molecule has 1 aromatic heterocycles. The van der Waals surface area contributed by atoms with E-state index < -0.39 is 0 Å². The van der Waals surface area contributed by atoms with Crippen LogP contribution in [0.3, 0.4) is 0 Å². The van der Waals surface area contributed by atoms with Crippen molar-refractivity contribution in [2.24, 2.45) is 0 Å². The van der Waals surface area contributed by atoms with Crippen molar-refractivity contribution in [1.82, 2.24) is 4.98 Å². The van der Waals surface area contributed by atoms with Gasteiger partial charge in [0.2, 0.25) is 5.91 Å². The fourth-order valence-corrected chi connectivity index (χ4v) is 3.16. The van der Waals surface area contributed by atoms with E-state index in [1.165, 1.54) is 5.56 Å². The van der Waals surface area contributed by atoms with Crippen LogP contribution in [0, 0.1) is 20.8 Å². The fraction of sp³-hybridized carbons (Fsp3) is 0.250. The summed E-state index contributed by atoms with van der Waals surface area (Å²) < 4.78 is 5.28. The van der Waals surface area contributed by atoms with Crippen molar-refractivity contribution in [3.8, 4) is 5.75 Å². The normalized spacial score (nSPS) is 10.8. The van der Waals surface area contributed by atoms with Gasteiger partial charge in [0.1, 0.15) is 5.75 Å². The van der Waals surface area contributed by atoms with Gasteiger partial charge < -0.3 is 15.0 Å². The Morgan fingerprint density at radius 2 is 1.83 bits per heavy atom. The molecule has 0 saturated heterocycles. The molecule has 1 amide bonds. The largest absolute Gasteiger partial charge is 0.497 e. The number of amides is 1. The molecule has 1 heterocycles. The van der Waals surface area contributed by atoms with E-state index in [9.17, 15) is 4.79 Å². The maximum Gasteiger partial charge on any atom is 0.228 e. The number of methoxy groups -OCH3 is 1. The molecule has 0 radical (unpaired) electrons. The van der Waals surface area contributed by atoms with Gasteiger partial charge in [-0.05, 0) is 55.7 Å². The molecule has 0 aliphatic heterocycles. The van der Waals surface area contributed by atoms with Crippen LogP contribution >= 0.6 is 0 Å². The Labute approximate surface area is 141 Å². The van der Waals surface area contributed by atoms with Gasteiger partial charge >= 0.3 is 0 Å². The number of aromatic amines is 1. The second kappa shape index (κ2) is 6.40. The van der Waals surface area contributed by atoms with Crippen LogP contribution in [0.2, 0.25) is 0 Å². The van der Waals surface area contributed by atoms with Crippen LogP contribution in [-0.4, -0.2) is 18.0 Å². The van der Waals surface area contributed by atoms with E-state index in [-0.39, 0.29) is 5.91 Å². The third kappa shape index (κ3) is 3.13. The lowest BCUT2D eigenvalue weighted by molar-refractivity contribution is -0.115. The van der Waals surface area contributed by atoms with Crippen molar-refractivity contribution in [2.75, 3.05) is 12.4 Å². The number of ether oxygens (including phenoxy) is 1. The van der Waals surface area contributed by atoms with E-state index in [0.29, 0.717) is 6.42 Å². The number of hydrogen-bond acceptors (Lipinski definition) is 2. The molecule has 3 rings (SSSR count). The van der Waals surface area contributed by atoms with Crippen LogP contribution in [0.25, 0.3) is 10.9 Å². The van der Waals surface area contributed by atoms with Crippen molar-refractivity contribution in [3.63, 3.8) is 0 Å². The Kier molecular flexibility index (Phi) is 4.30. The maximum atomic E-state index is 12.5. The molecule has 0 spiro atoms. The number of aryl methyl sites for hydroxylation is 3. The second-order valence-corrected chi connectivity index (χ2v) is 6.22. The average molecular weight is 322 g/mol. The summed E-state index contributed by atoms with van der Waals surface area (Å²) in [7, 11) is 1.64. The molecule has 4 heteroatoms. The molecule has 0 unspecified atom stereocenters. The summed E-state index contributed by atoms with van der Waals surface area (Å²) in [6.07, 6.45) is 2.21. The molecule has 0 aliphatic rings. The molecule has 2 aromatic carbocycles. The van der Waals surface area contributed by atoms with Gasteiger partial charge in [0.25, 0.3) is 0 Å². The number of rotatable bonds is 4. The number of hydrogen-bond donors (Lipinski definition) is 2. The highest BCUT2D eigenvalue weighted by atomic mass is 16.5. The first kappa shape index (κ1) is 16.1. The molecule has 0 bridgehead atoms. The zero-order chi connectivity index (χ0) is 17.3. The fourth-order valence-electron chi connectivity index (χ4n) is 3.16. The smallest absolute Gasteiger partial charge is 0.228 e. The molecule has 0 fully saturated rings. The number of nitrogens with one attached hydrogen (secondary N) is 2. The van der Waals surface area contributed by atoms with Gasteiger partial charge in [0.15, 0.2) is 0 Å². The van der Waals surface area contributed by atoms with E-state index in [4.69, 9.17) is 4.74 Å². The lowest BCUT2D eigenvalue weighted by Crippen LogP contribution is -2.16. The SMILES string of the molecule is COc1ccc2[nH]cc(CC(=O)Nc3c(C)cc(C)cc3C)c2c1. The zero-order valence-corrected chi connectivity index (χ0v) is 14.5. The summed E-state index contributed by atoms with van der Waals surface area (Å²) in [5, 5.41) is 4.07. The summed E-state index contributed by atoms with van der Waals surface area (Å²) in [6, 6.07) is 9.99. The minimum atomic E-state index is -0.0197. The van der Waals surface area contributed by atoms with Crippen LogP contribution < -0.4 is 10.1 Å². The number of fused-ring (bicyclic) bond motifs is 1. The molecule has 3 aromatic rings. The van der Waals surface area contributed by atoms with Gasteiger partial charge in [-0.3, -0.25) is 4.79 Å². The van der Waals surface area contributed by atoms with E-state index >= 15 is 0 Å². The topological polar surface area (TPSA) is 54.1 Å². The molecule has 0 aliphatic carbocycles. The first-order valence-corrected chi connectivity index (χ1v) is 7.99.